The Balaban J connectivity index is 1.93. The van der Waals surface area contributed by atoms with Gasteiger partial charge in [0.05, 0.1) is 13.2 Å². The van der Waals surface area contributed by atoms with E-state index in [9.17, 15) is 9.90 Å². The number of thiophene rings is 1. The van der Waals surface area contributed by atoms with Crippen LogP contribution in [-0.4, -0.2) is 30.3 Å². The predicted octanol–water partition coefficient (Wildman–Crippen LogP) is 1.79. The number of hydrogen-bond donors (Lipinski definition) is 2. The van der Waals surface area contributed by atoms with E-state index in [0.717, 1.165) is 25.7 Å². The molecule has 2 rings (SSSR count). The van der Waals surface area contributed by atoms with Crippen LogP contribution in [0.4, 0.5) is 0 Å². The molecule has 0 radical (unpaired) electrons. The highest BCUT2D eigenvalue weighted by Crippen LogP contribution is 2.25. The number of nitrogens with one attached hydrogen (secondary N) is 1. The first kappa shape index (κ1) is 12.4. The second-order valence-corrected chi connectivity index (χ2v) is 5.21. The number of rotatable bonds is 3. The van der Waals surface area contributed by atoms with Crippen molar-refractivity contribution < 1.29 is 14.6 Å². The van der Waals surface area contributed by atoms with Crippen LogP contribution < -0.4 is 10.1 Å². The van der Waals surface area contributed by atoms with Crippen molar-refractivity contribution in [1.29, 1.82) is 0 Å². The van der Waals surface area contributed by atoms with Crippen LogP contribution in [0.3, 0.4) is 0 Å². The molecule has 1 aromatic rings. The Kier molecular flexibility index (Phi) is 4.02. The van der Waals surface area contributed by atoms with Gasteiger partial charge in [-0.3, -0.25) is 4.79 Å². The Labute approximate surface area is 105 Å². The van der Waals surface area contributed by atoms with Gasteiger partial charge >= 0.3 is 0 Å². The summed E-state index contributed by atoms with van der Waals surface area (Å²) in [4.78, 5) is 12.6. The van der Waals surface area contributed by atoms with Gasteiger partial charge in [0.2, 0.25) is 0 Å². The number of ether oxygens (including phenoxy) is 1. The number of aliphatic hydroxyl groups excluding tert-OH is 1. The van der Waals surface area contributed by atoms with E-state index in [1.165, 1.54) is 11.3 Å². The maximum atomic E-state index is 12.0. The van der Waals surface area contributed by atoms with Crippen molar-refractivity contribution in [3.63, 3.8) is 0 Å². The third kappa shape index (κ3) is 2.98. The molecule has 1 fully saturated rings. The topological polar surface area (TPSA) is 58.6 Å². The van der Waals surface area contributed by atoms with Crippen molar-refractivity contribution in [2.75, 3.05) is 7.11 Å². The average Bonchev–Trinajstić information content (AvgIpc) is 2.80. The molecule has 1 aromatic heterocycles. The molecule has 0 saturated heterocycles. The molecular weight excluding hydrogens is 238 g/mol. The summed E-state index contributed by atoms with van der Waals surface area (Å²) in [6.07, 6.45) is 3.04. The van der Waals surface area contributed by atoms with Gasteiger partial charge < -0.3 is 15.2 Å². The molecule has 1 amide bonds. The number of aliphatic hydroxyl groups is 1. The number of carbonyl (C=O) groups excluding carboxylic acids is 1. The van der Waals surface area contributed by atoms with Crippen LogP contribution in [0.25, 0.3) is 0 Å². The van der Waals surface area contributed by atoms with Gasteiger partial charge in [-0.1, -0.05) is 0 Å². The Morgan fingerprint density at radius 2 is 2.18 bits per heavy atom. The van der Waals surface area contributed by atoms with Gasteiger partial charge in [-0.2, -0.15) is 0 Å². The number of carbonyl (C=O) groups is 1. The number of hydrogen-bond acceptors (Lipinski definition) is 4. The lowest BCUT2D eigenvalue weighted by Gasteiger charge is -2.26. The summed E-state index contributed by atoms with van der Waals surface area (Å²) in [6.45, 7) is 0. The maximum absolute atomic E-state index is 12.0. The smallest absolute Gasteiger partial charge is 0.265 e. The minimum atomic E-state index is -0.195. The second-order valence-electron chi connectivity index (χ2n) is 4.30. The molecule has 94 valence electrons. The molecule has 5 heteroatoms. The average molecular weight is 255 g/mol. The van der Waals surface area contributed by atoms with E-state index in [4.69, 9.17) is 4.74 Å². The van der Waals surface area contributed by atoms with Crippen molar-refractivity contribution in [2.45, 2.75) is 37.8 Å². The van der Waals surface area contributed by atoms with E-state index in [1.807, 2.05) is 5.38 Å². The molecule has 1 saturated carbocycles. The third-order valence-electron chi connectivity index (χ3n) is 3.09. The van der Waals surface area contributed by atoms with Gasteiger partial charge in [-0.25, -0.2) is 0 Å². The molecular formula is C12H17NO3S. The fourth-order valence-corrected chi connectivity index (χ4v) is 2.86. The monoisotopic (exact) mass is 255 g/mol. The van der Waals surface area contributed by atoms with Crippen LogP contribution in [0.5, 0.6) is 5.75 Å². The first-order chi connectivity index (χ1) is 8.20. The van der Waals surface area contributed by atoms with Crippen LogP contribution in [0.15, 0.2) is 11.4 Å². The number of amides is 1. The summed E-state index contributed by atoms with van der Waals surface area (Å²) in [5, 5.41) is 14.2. The molecule has 1 aliphatic rings. The van der Waals surface area contributed by atoms with Crippen molar-refractivity contribution in [2.24, 2.45) is 0 Å². The van der Waals surface area contributed by atoms with E-state index in [1.54, 1.807) is 13.2 Å². The summed E-state index contributed by atoms with van der Waals surface area (Å²) in [7, 11) is 1.57. The van der Waals surface area contributed by atoms with E-state index < -0.39 is 0 Å². The molecule has 0 bridgehead atoms. The molecule has 0 unspecified atom stereocenters. The van der Waals surface area contributed by atoms with Crippen LogP contribution in [0.1, 0.15) is 35.4 Å². The van der Waals surface area contributed by atoms with Gasteiger partial charge in [0.25, 0.3) is 5.91 Å². The molecule has 1 heterocycles. The van der Waals surface area contributed by atoms with Gasteiger partial charge in [0.1, 0.15) is 10.6 Å². The minimum absolute atomic E-state index is 0.0711. The SMILES string of the molecule is COc1ccsc1C(=O)NC1CCC(O)CC1. The largest absolute Gasteiger partial charge is 0.495 e. The summed E-state index contributed by atoms with van der Waals surface area (Å²) >= 11 is 1.38. The highest BCUT2D eigenvalue weighted by atomic mass is 32.1. The lowest BCUT2D eigenvalue weighted by molar-refractivity contribution is 0.0869. The molecule has 4 nitrogen and oxygen atoms in total. The standard InChI is InChI=1S/C12H17NO3S/c1-16-10-6-7-17-11(10)12(15)13-8-2-4-9(14)5-3-8/h6-9,14H,2-5H2,1H3,(H,13,15). The van der Waals surface area contributed by atoms with Crippen LogP contribution in [0.2, 0.25) is 0 Å². The van der Waals surface area contributed by atoms with E-state index in [-0.39, 0.29) is 18.1 Å². The zero-order chi connectivity index (χ0) is 12.3. The molecule has 0 aromatic carbocycles. The summed E-state index contributed by atoms with van der Waals surface area (Å²) in [5.74, 6) is 0.557. The van der Waals surface area contributed by atoms with Crippen LogP contribution >= 0.6 is 11.3 Å². The Bertz CT molecular complexity index is 383. The molecule has 0 spiro atoms. The van der Waals surface area contributed by atoms with E-state index >= 15 is 0 Å². The molecule has 0 aliphatic heterocycles. The molecule has 2 N–H and O–H groups in total. The third-order valence-corrected chi connectivity index (χ3v) is 3.98. The minimum Gasteiger partial charge on any atom is -0.495 e. The van der Waals surface area contributed by atoms with Crippen molar-refractivity contribution >= 4 is 17.2 Å². The van der Waals surface area contributed by atoms with Crippen LogP contribution in [0, 0.1) is 0 Å². The zero-order valence-electron chi connectivity index (χ0n) is 9.81. The molecule has 1 aliphatic carbocycles. The fourth-order valence-electron chi connectivity index (χ4n) is 2.09. The first-order valence-electron chi connectivity index (χ1n) is 5.81. The lowest BCUT2D eigenvalue weighted by Crippen LogP contribution is -2.38. The van der Waals surface area contributed by atoms with E-state index in [2.05, 4.69) is 5.32 Å². The summed E-state index contributed by atoms with van der Waals surface area (Å²) < 4.78 is 5.12. The Hall–Kier alpha value is -1.07. The highest BCUT2D eigenvalue weighted by molar-refractivity contribution is 7.12. The second kappa shape index (κ2) is 5.51. The normalized spacial score (nSPS) is 24.4. The Morgan fingerprint density at radius 1 is 1.47 bits per heavy atom. The summed E-state index contributed by atoms with van der Waals surface area (Å²) in [6, 6.07) is 1.97. The maximum Gasteiger partial charge on any atom is 0.265 e. The predicted molar refractivity (Wildman–Crippen MR) is 66.6 cm³/mol. The molecule has 17 heavy (non-hydrogen) atoms. The van der Waals surface area contributed by atoms with Gasteiger partial charge in [-0.15, -0.1) is 11.3 Å². The molecule has 0 atom stereocenters. The fraction of sp³-hybridized carbons (Fsp3) is 0.583. The Morgan fingerprint density at radius 3 is 2.82 bits per heavy atom. The van der Waals surface area contributed by atoms with Crippen LogP contribution in [-0.2, 0) is 0 Å². The summed E-state index contributed by atoms with van der Waals surface area (Å²) in [5.41, 5.74) is 0. The number of methoxy groups -OCH3 is 1. The zero-order valence-corrected chi connectivity index (χ0v) is 10.6. The van der Waals surface area contributed by atoms with Gasteiger partial charge in [0, 0.05) is 6.04 Å². The lowest BCUT2D eigenvalue weighted by atomic mass is 9.93. The quantitative estimate of drug-likeness (QED) is 0.865. The first-order valence-corrected chi connectivity index (χ1v) is 6.69. The van der Waals surface area contributed by atoms with Crippen molar-refractivity contribution in [1.82, 2.24) is 5.32 Å². The van der Waals surface area contributed by atoms with Crippen molar-refractivity contribution in [3.8, 4) is 5.75 Å². The van der Waals surface area contributed by atoms with Gasteiger partial charge in [-0.05, 0) is 37.1 Å². The van der Waals surface area contributed by atoms with E-state index in [0.29, 0.717) is 10.6 Å². The van der Waals surface area contributed by atoms with Crippen molar-refractivity contribution in [3.05, 3.63) is 16.3 Å². The van der Waals surface area contributed by atoms with Gasteiger partial charge in [0.15, 0.2) is 0 Å². The highest BCUT2D eigenvalue weighted by Gasteiger charge is 2.22.